The second-order valence-electron chi connectivity index (χ2n) is 5.90. The van der Waals surface area contributed by atoms with Gasteiger partial charge in [0.05, 0.1) is 17.6 Å². The normalized spacial score (nSPS) is 10.8. The molecule has 128 valence electrons. The van der Waals surface area contributed by atoms with Crippen LogP contribution in [0.3, 0.4) is 0 Å². The van der Waals surface area contributed by atoms with Crippen molar-refractivity contribution in [3.63, 3.8) is 0 Å². The number of rotatable bonds is 6. The molecule has 1 aromatic carbocycles. The highest BCUT2D eigenvalue weighted by Gasteiger charge is 2.10. The molecule has 0 bridgehead atoms. The fourth-order valence-corrected chi connectivity index (χ4v) is 3.15. The van der Waals surface area contributed by atoms with Crippen molar-refractivity contribution in [1.82, 2.24) is 14.5 Å². The third-order valence-electron chi connectivity index (χ3n) is 3.72. The van der Waals surface area contributed by atoms with Gasteiger partial charge in [0, 0.05) is 24.3 Å². The van der Waals surface area contributed by atoms with Crippen molar-refractivity contribution in [2.45, 2.75) is 24.9 Å². The molecule has 1 amide bonds. The molecule has 3 rings (SSSR count). The van der Waals surface area contributed by atoms with E-state index in [0.717, 1.165) is 10.8 Å². The lowest BCUT2D eigenvalue weighted by Crippen LogP contribution is -2.14. The van der Waals surface area contributed by atoms with Gasteiger partial charge in [-0.2, -0.15) is 0 Å². The molecule has 0 aliphatic rings. The Morgan fingerprint density at radius 2 is 2.00 bits per heavy atom. The third-order valence-corrected chi connectivity index (χ3v) is 4.69. The maximum absolute atomic E-state index is 12.1. The number of amides is 1. The molecule has 0 fully saturated rings. The summed E-state index contributed by atoms with van der Waals surface area (Å²) in [6, 6.07) is 12.0. The number of hydrogen-bond donors (Lipinski definition) is 1. The van der Waals surface area contributed by atoms with Crippen LogP contribution >= 0.6 is 11.8 Å². The number of thioether (sulfide) groups is 1. The summed E-state index contributed by atoms with van der Waals surface area (Å²) in [6.45, 7) is 4.35. The molecule has 25 heavy (non-hydrogen) atoms. The van der Waals surface area contributed by atoms with E-state index in [0.29, 0.717) is 11.6 Å². The molecule has 0 unspecified atom stereocenters. The monoisotopic (exact) mass is 352 g/mol. The van der Waals surface area contributed by atoms with Gasteiger partial charge in [-0.1, -0.05) is 37.7 Å². The lowest BCUT2D eigenvalue weighted by molar-refractivity contribution is -0.113. The topological polar surface area (TPSA) is 59.8 Å². The van der Waals surface area contributed by atoms with Crippen LogP contribution in [0.4, 0.5) is 5.69 Å². The minimum absolute atomic E-state index is 0.0808. The maximum Gasteiger partial charge on any atom is 0.234 e. The average Bonchev–Trinajstić information content (AvgIpc) is 3.09. The zero-order chi connectivity index (χ0) is 17.6. The molecule has 2 heterocycles. The van der Waals surface area contributed by atoms with E-state index in [9.17, 15) is 4.79 Å². The Bertz CT molecular complexity index is 828. The molecule has 2 aromatic heterocycles. The Morgan fingerprint density at radius 1 is 1.20 bits per heavy atom. The van der Waals surface area contributed by atoms with E-state index in [2.05, 4.69) is 53.4 Å². The molecular formula is C19H20N4OS. The smallest absolute Gasteiger partial charge is 0.234 e. The minimum Gasteiger partial charge on any atom is -0.324 e. The molecule has 1 N–H and O–H groups in total. The number of aromatic nitrogens is 3. The molecule has 0 aliphatic heterocycles. The molecule has 0 atom stereocenters. The minimum atomic E-state index is -0.0808. The van der Waals surface area contributed by atoms with Crippen LogP contribution in [-0.2, 0) is 4.79 Å². The van der Waals surface area contributed by atoms with Crippen LogP contribution in [0, 0.1) is 0 Å². The van der Waals surface area contributed by atoms with Crippen LogP contribution in [0.2, 0.25) is 0 Å². The van der Waals surface area contributed by atoms with Crippen LogP contribution < -0.4 is 5.32 Å². The third kappa shape index (κ3) is 4.48. The highest BCUT2D eigenvalue weighted by atomic mass is 32.2. The van der Waals surface area contributed by atoms with Gasteiger partial charge in [0.25, 0.3) is 0 Å². The summed E-state index contributed by atoms with van der Waals surface area (Å²) in [7, 11) is 0. The first-order valence-corrected chi connectivity index (χ1v) is 9.08. The fraction of sp³-hybridized carbons (Fsp3) is 0.211. The van der Waals surface area contributed by atoms with Gasteiger partial charge >= 0.3 is 0 Å². The molecule has 3 aromatic rings. The summed E-state index contributed by atoms with van der Waals surface area (Å²) in [5.74, 6) is 0.709. The summed E-state index contributed by atoms with van der Waals surface area (Å²) >= 11 is 1.41. The maximum atomic E-state index is 12.1. The molecule has 0 aliphatic carbocycles. The van der Waals surface area contributed by atoms with E-state index in [4.69, 9.17) is 0 Å². The molecule has 0 saturated carbocycles. The van der Waals surface area contributed by atoms with E-state index >= 15 is 0 Å². The summed E-state index contributed by atoms with van der Waals surface area (Å²) in [5.41, 5.74) is 3.03. The second kappa shape index (κ2) is 7.98. The number of nitrogens with zero attached hydrogens (tertiary/aromatic N) is 3. The number of hydrogen-bond acceptors (Lipinski definition) is 4. The number of carbonyl (C=O) groups is 1. The second-order valence-corrected chi connectivity index (χ2v) is 6.85. The Balaban J connectivity index is 1.64. The van der Waals surface area contributed by atoms with Crippen LogP contribution in [0.1, 0.15) is 25.3 Å². The van der Waals surface area contributed by atoms with Crippen molar-refractivity contribution < 1.29 is 4.79 Å². The quantitative estimate of drug-likeness (QED) is 0.678. The van der Waals surface area contributed by atoms with Crippen LogP contribution in [0.15, 0.2) is 66.3 Å². The predicted octanol–water partition coefficient (Wildman–Crippen LogP) is 4.12. The Hall–Kier alpha value is -2.60. The van der Waals surface area contributed by atoms with Crippen LogP contribution in [0.5, 0.6) is 0 Å². The summed E-state index contributed by atoms with van der Waals surface area (Å²) in [6.07, 6.45) is 6.95. The first-order valence-electron chi connectivity index (χ1n) is 8.10. The van der Waals surface area contributed by atoms with Gasteiger partial charge in [-0.25, -0.2) is 4.98 Å². The van der Waals surface area contributed by atoms with E-state index in [-0.39, 0.29) is 11.7 Å². The lowest BCUT2D eigenvalue weighted by atomic mass is 10.0. The molecule has 6 heteroatoms. The first-order chi connectivity index (χ1) is 12.1. The number of carbonyl (C=O) groups excluding carboxylic acids is 1. The highest BCUT2D eigenvalue weighted by molar-refractivity contribution is 7.99. The van der Waals surface area contributed by atoms with Gasteiger partial charge in [-0.3, -0.25) is 14.3 Å². The van der Waals surface area contributed by atoms with Gasteiger partial charge in [0.2, 0.25) is 5.91 Å². The van der Waals surface area contributed by atoms with Gasteiger partial charge < -0.3 is 5.32 Å². The fourth-order valence-electron chi connectivity index (χ4n) is 2.38. The Labute approximate surface area is 151 Å². The van der Waals surface area contributed by atoms with Crippen molar-refractivity contribution in [3.8, 4) is 5.69 Å². The number of anilines is 1. The van der Waals surface area contributed by atoms with Crippen molar-refractivity contribution in [2.75, 3.05) is 11.1 Å². The number of pyridine rings is 1. The zero-order valence-electron chi connectivity index (χ0n) is 14.2. The number of nitrogens with one attached hydrogen (secondary N) is 1. The first kappa shape index (κ1) is 17.2. The lowest BCUT2D eigenvalue weighted by Gasteiger charge is -2.10. The average molecular weight is 352 g/mol. The van der Waals surface area contributed by atoms with Gasteiger partial charge in [0.15, 0.2) is 5.16 Å². The summed E-state index contributed by atoms with van der Waals surface area (Å²) in [5, 5.41) is 3.61. The molecule has 0 spiro atoms. The van der Waals surface area contributed by atoms with Crippen molar-refractivity contribution in [2.24, 2.45) is 0 Å². The van der Waals surface area contributed by atoms with Crippen molar-refractivity contribution in [3.05, 3.63) is 66.7 Å². The summed E-state index contributed by atoms with van der Waals surface area (Å²) < 4.78 is 1.99. The van der Waals surface area contributed by atoms with E-state index in [1.165, 1.54) is 17.3 Å². The van der Waals surface area contributed by atoms with Gasteiger partial charge in [-0.15, -0.1) is 0 Å². The highest BCUT2D eigenvalue weighted by Crippen LogP contribution is 2.22. The largest absolute Gasteiger partial charge is 0.324 e. The van der Waals surface area contributed by atoms with Crippen LogP contribution in [0.25, 0.3) is 5.69 Å². The molecule has 0 saturated heterocycles. The summed E-state index contributed by atoms with van der Waals surface area (Å²) in [4.78, 5) is 20.4. The van der Waals surface area contributed by atoms with Crippen molar-refractivity contribution >= 4 is 23.4 Å². The van der Waals surface area contributed by atoms with Crippen LogP contribution in [-0.4, -0.2) is 26.2 Å². The molecule has 0 radical (unpaired) electrons. The van der Waals surface area contributed by atoms with Gasteiger partial charge in [-0.05, 0) is 35.7 Å². The zero-order valence-corrected chi connectivity index (χ0v) is 15.0. The predicted molar refractivity (Wildman–Crippen MR) is 101 cm³/mol. The molecular weight excluding hydrogens is 332 g/mol. The van der Waals surface area contributed by atoms with Gasteiger partial charge in [0.1, 0.15) is 0 Å². The molecule has 5 nitrogen and oxygen atoms in total. The number of imidazole rings is 1. The standard InChI is InChI=1S/C19H20N4OS/c1-14(2)15-5-7-17(8-6-15)23-11-10-21-19(23)25-13-18(24)22-16-4-3-9-20-12-16/h3-12,14H,13H2,1-2H3,(H,22,24). The Kier molecular flexibility index (Phi) is 5.50. The Morgan fingerprint density at radius 3 is 2.68 bits per heavy atom. The van der Waals surface area contributed by atoms with E-state index < -0.39 is 0 Å². The number of benzene rings is 1. The van der Waals surface area contributed by atoms with Crippen molar-refractivity contribution in [1.29, 1.82) is 0 Å². The SMILES string of the molecule is CC(C)c1ccc(-n2ccnc2SCC(=O)Nc2cccnc2)cc1. The van der Waals surface area contributed by atoms with E-state index in [1.807, 2.05) is 16.8 Å². The van der Waals surface area contributed by atoms with E-state index in [1.54, 1.807) is 24.7 Å².